The van der Waals surface area contributed by atoms with Gasteiger partial charge < -0.3 is 4.74 Å². The molecule has 4 rings (SSSR count). The van der Waals surface area contributed by atoms with Gasteiger partial charge in [0.1, 0.15) is 0 Å². The molecule has 4 aliphatic rings. The molecule has 0 aromatic heterocycles. The van der Waals surface area contributed by atoms with Crippen molar-refractivity contribution >= 4 is 11.9 Å². The van der Waals surface area contributed by atoms with Gasteiger partial charge in [-0.05, 0) is 37.5 Å². The van der Waals surface area contributed by atoms with Crippen molar-refractivity contribution in [1.82, 2.24) is 0 Å². The predicted octanol–water partition coefficient (Wildman–Crippen LogP) is 1.12. The number of cyclic esters (lactones) is 2. The van der Waals surface area contributed by atoms with Gasteiger partial charge in [0.25, 0.3) is 0 Å². The molecule has 70 valence electrons. The molecule has 4 fully saturated rings. The van der Waals surface area contributed by atoms with Crippen LogP contribution in [0.25, 0.3) is 0 Å². The van der Waals surface area contributed by atoms with Crippen LogP contribution < -0.4 is 0 Å². The van der Waals surface area contributed by atoms with Crippen LogP contribution in [0.4, 0.5) is 0 Å². The van der Waals surface area contributed by atoms with E-state index in [1.165, 1.54) is 0 Å². The zero-order valence-electron chi connectivity index (χ0n) is 7.36. The number of esters is 2. The summed E-state index contributed by atoms with van der Waals surface area (Å²) in [5, 5.41) is 0. The summed E-state index contributed by atoms with van der Waals surface area (Å²) in [7, 11) is 0. The highest BCUT2D eigenvalue weighted by atomic mass is 16.6. The molecular weight excluding hydrogens is 168 g/mol. The van der Waals surface area contributed by atoms with E-state index in [2.05, 4.69) is 0 Å². The summed E-state index contributed by atoms with van der Waals surface area (Å²) in [6.07, 6.45) is 4.48. The lowest BCUT2D eigenvalue weighted by atomic mass is 9.59. The molecule has 3 nitrogen and oxygen atoms in total. The summed E-state index contributed by atoms with van der Waals surface area (Å²) in [6.45, 7) is 0. The van der Waals surface area contributed by atoms with Crippen LogP contribution in [0.1, 0.15) is 25.7 Å². The number of rotatable bonds is 0. The first kappa shape index (κ1) is 7.54. The van der Waals surface area contributed by atoms with Gasteiger partial charge in [-0.2, -0.15) is 0 Å². The van der Waals surface area contributed by atoms with Crippen LogP contribution in [-0.4, -0.2) is 11.9 Å². The molecule has 2 atom stereocenters. The van der Waals surface area contributed by atoms with Gasteiger partial charge in [-0.1, -0.05) is 0 Å². The third-order valence-corrected chi connectivity index (χ3v) is 3.96. The highest BCUT2D eigenvalue weighted by Crippen LogP contribution is 2.52. The molecule has 3 aliphatic carbocycles. The second kappa shape index (κ2) is 2.34. The molecule has 3 heteroatoms. The van der Waals surface area contributed by atoms with Crippen LogP contribution >= 0.6 is 0 Å². The molecule has 1 saturated heterocycles. The molecule has 13 heavy (non-hydrogen) atoms. The minimum Gasteiger partial charge on any atom is -0.393 e. The zero-order chi connectivity index (χ0) is 9.00. The second-order valence-corrected chi connectivity index (χ2v) is 4.47. The molecule has 1 aliphatic heterocycles. The lowest BCUT2D eigenvalue weighted by Gasteiger charge is -2.41. The molecule has 0 radical (unpaired) electrons. The summed E-state index contributed by atoms with van der Waals surface area (Å²) in [6, 6.07) is 0. The topological polar surface area (TPSA) is 43.4 Å². The maximum Gasteiger partial charge on any atom is 0.317 e. The Balaban J connectivity index is 2.00. The van der Waals surface area contributed by atoms with E-state index in [4.69, 9.17) is 4.74 Å². The molecule has 0 spiro atoms. The van der Waals surface area contributed by atoms with E-state index in [1.54, 1.807) is 0 Å². The minimum atomic E-state index is -0.246. The number of hydrogen-bond donors (Lipinski definition) is 0. The van der Waals surface area contributed by atoms with Gasteiger partial charge >= 0.3 is 11.9 Å². The normalized spacial score (nSPS) is 47.7. The average Bonchev–Trinajstić information content (AvgIpc) is 2.47. The predicted molar refractivity (Wildman–Crippen MR) is 43.5 cm³/mol. The molecule has 0 aromatic carbocycles. The van der Waals surface area contributed by atoms with Gasteiger partial charge in [0.05, 0.1) is 11.8 Å². The number of ether oxygens (including phenoxy) is 1. The van der Waals surface area contributed by atoms with E-state index in [0.717, 1.165) is 25.7 Å². The minimum absolute atomic E-state index is 0.0694. The summed E-state index contributed by atoms with van der Waals surface area (Å²) < 4.78 is 4.71. The third-order valence-electron chi connectivity index (χ3n) is 3.96. The Morgan fingerprint density at radius 1 is 0.846 bits per heavy atom. The van der Waals surface area contributed by atoms with Crippen molar-refractivity contribution in [1.29, 1.82) is 0 Å². The largest absolute Gasteiger partial charge is 0.393 e. The Labute approximate surface area is 76.4 Å². The highest BCUT2D eigenvalue weighted by Gasteiger charge is 2.56. The van der Waals surface area contributed by atoms with E-state index in [9.17, 15) is 9.59 Å². The number of carbonyl (C=O) groups excluding carboxylic acids is 2. The van der Waals surface area contributed by atoms with Crippen LogP contribution in [0.15, 0.2) is 0 Å². The molecule has 3 saturated carbocycles. The zero-order valence-corrected chi connectivity index (χ0v) is 7.36. The van der Waals surface area contributed by atoms with Crippen molar-refractivity contribution in [2.45, 2.75) is 25.7 Å². The average molecular weight is 180 g/mol. The lowest BCUT2D eigenvalue weighted by molar-refractivity contribution is -0.154. The SMILES string of the molecule is O=C1OC(=O)[C@H]2C3CCC(CC3)[C@@H]12. The van der Waals surface area contributed by atoms with Crippen LogP contribution in [0, 0.1) is 23.7 Å². The van der Waals surface area contributed by atoms with Gasteiger partial charge in [0.15, 0.2) is 0 Å². The van der Waals surface area contributed by atoms with Crippen molar-refractivity contribution in [2.24, 2.45) is 23.7 Å². The highest BCUT2D eigenvalue weighted by molar-refractivity contribution is 5.97. The molecule has 0 aromatic rings. The smallest absolute Gasteiger partial charge is 0.317 e. The summed E-state index contributed by atoms with van der Waals surface area (Å²) >= 11 is 0. The second-order valence-electron chi connectivity index (χ2n) is 4.47. The summed E-state index contributed by atoms with van der Waals surface area (Å²) in [5.41, 5.74) is 0. The number of hydrogen-bond acceptors (Lipinski definition) is 3. The monoisotopic (exact) mass is 180 g/mol. The fourth-order valence-electron chi connectivity index (χ4n) is 3.36. The van der Waals surface area contributed by atoms with Crippen LogP contribution in [0.5, 0.6) is 0 Å². The van der Waals surface area contributed by atoms with Crippen molar-refractivity contribution in [2.75, 3.05) is 0 Å². The maximum absolute atomic E-state index is 11.4. The quantitative estimate of drug-likeness (QED) is 0.414. The van der Waals surface area contributed by atoms with Crippen molar-refractivity contribution in [3.8, 4) is 0 Å². The molecular formula is C10H12O3. The molecule has 0 unspecified atom stereocenters. The van der Waals surface area contributed by atoms with Crippen molar-refractivity contribution < 1.29 is 14.3 Å². The summed E-state index contributed by atoms with van der Waals surface area (Å²) in [4.78, 5) is 22.7. The third kappa shape index (κ3) is 0.847. The van der Waals surface area contributed by atoms with E-state index < -0.39 is 0 Å². The van der Waals surface area contributed by atoms with Gasteiger partial charge in [-0.25, -0.2) is 0 Å². The van der Waals surface area contributed by atoms with E-state index in [0.29, 0.717) is 11.8 Å². The van der Waals surface area contributed by atoms with Gasteiger partial charge in [-0.3, -0.25) is 9.59 Å². The summed E-state index contributed by atoms with van der Waals surface area (Å²) in [5.74, 6) is 0.247. The van der Waals surface area contributed by atoms with Crippen molar-refractivity contribution in [3.63, 3.8) is 0 Å². The fourth-order valence-corrected chi connectivity index (χ4v) is 3.36. The Hall–Kier alpha value is -0.860. The Morgan fingerprint density at radius 2 is 1.23 bits per heavy atom. The Morgan fingerprint density at radius 3 is 1.62 bits per heavy atom. The molecule has 2 bridgehead atoms. The molecule has 0 amide bonds. The first-order chi connectivity index (χ1) is 6.27. The first-order valence-electron chi connectivity index (χ1n) is 5.03. The van der Waals surface area contributed by atoms with Gasteiger partial charge in [-0.15, -0.1) is 0 Å². The molecule has 0 N–H and O–H groups in total. The molecule has 1 heterocycles. The van der Waals surface area contributed by atoms with Crippen LogP contribution in [-0.2, 0) is 14.3 Å². The fraction of sp³-hybridized carbons (Fsp3) is 0.800. The van der Waals surface area contributed by atoms with Crippen LogP contribution in [0.2, 0.25) is 0 Å². The Bertz CT molecular complexity index is 248. The van der Waals surface area contributed by atoms with Gasteiger partial charge in [0, 0.05) is 0 Å². The van der Waals surface area contributed by atoms with Gasteiger partial charge in [0.2, 0.25) is 0 Å². The lowest BCUT2D eigenvalue weighted by Crippen LogP contribution is -2.41. The van der Waals surface area contributed by atoms with E-state index >= 15 is 0 Å². The first-order valence-corrected chi connectivity index (χ1v) is 5.03. The number of fused-ring (bicyclic) bond motifs is 2. The standard InChI is InChI=1S/C10H12O3/c11-9-7-5-1-2-6(4-3-5)8(7)10(12)13-9/h5-8H,1-4H2/t5?,6?,7-,8+. The maximum atomic E-state index is 11.4. The van der Waals surface area contributed by atoms with E-state index in [1.807, 2.05) is 0 Å². The van der Waals surface area contributed by atoms with Crippen LogP contribution in [0.3, 0.4) is 0 Å². The van der Waals surface area contributed by atoms with E-state index in [-0.39, 0.29) is 23.8 Å². The number of carbonyl (C=O) groups is 2. The van der Waals surface area contributed by atoms with Crippen molar-refractivity contribution in [3.05, 3.63) is 0 Å². The Kier molecular flexibility index (Phi) is 1.35.